The molecule has 1 unspecified atom stereocenters. The molecule has 21 heavy (non-hydrogen) atoms. The topological polar surface area (TPSA) is 78.4 Å². The van der Waals surface area contributed by atoms with Gasteiger partial charge in [-0.05, 0) is 18.6 Å². The lowest BCUT2D eigenvalue weighted by atomic mass is 10.0. The quantitative estimate of drug-likeness (QED) is 0.705. The van der Waals surface area contributed by atoms with Crippen molar-refractivity contribution in [2.24, 2.45) is 0 Å². The van der Waals surface area contributed by atoms with E-state index in [2.05, 4.69) is 22.5 Å². The molecule has 1 aliphatic rings. The second-order valence-corrected chi connectivity index (χ2v) is 4.83. The van der Waals surface area contributed by atoms with Crippen LogP contribution in [0.5, 0.6) is 0 Å². The monoisotopic (exact) mass is 286 g/mol. The maximum atomic E-state index is 12.3. The summed E-state index contributed by atoms with van der Waals surface area (Å²) in [5.74, 6) is 5.55. The fraction of sp³-hybridized carbons (Fsp3) is 0.375. The molecule has 5 nitrogen and oxygen atoms in total. The number of carbonyl (C=O) groups is 2. The molecule has 0 bridgehead atoms. The number of aliphatic hydroxyl groups is 1. The Bertz CT molecular complexity index is 577. The predicted octanol–water partition coefficient (Wildman–Crippen LogP) is 0.429. The number of amides is 2. The number of hydrogen-bond acceptors (Lipinski definition) is 3. The number of piperidine rings is 1. The van der Waals surface area contributed by atoms with Crippen molar-refractivity contribution in [2.75, 3.05) is 13.2 Å². The first-order valence-corrected chi connectivity index (χ1v) is 6.97. The molecule has 1 atom stereocenters. The van der Waals surface area contributed by atoms with E-state index < -0.39 is 0 Å². The zero-order chi connectivity index (χ0) is 15.1. The molecule has 2 amide bonds. The maximum Gasteiger partial charge on any atom is 0.252 e. The van der Waals surface area contributed by atoms with Gasteiger partial charge in [-0.25, -0.2) is 0 Å². The van der Waals surface area contributed by atoms with E-state index in [1.165, 1.54) is 0 Å². The zero-order valence-corrected chi connectivity index (χ0v) is 11.7. The van der Waals surface area contributed by atoms with Crippen LogP contribution in [0.15, 0.2) is 24.3 Å². The summed E-state index contributed by atoms with van der Waals surface area (Å²) in [6, 6.07) is 7.06. The smallest absolute Gasteiger partial charge is 0.252 e. The third-order valence-corrected chi connectivity index (χ3v) is 3.23. The Morgan fingerprint density at radius 2 is 2.24 bits per heavy atom. The van der Waals surface area contributed by atoms with E-state index in [0.29, 0.717) is 36.9 Å². The van der Waals surface area contributed by atoms with Crippen LogP contribution in [0.4, 0.5) is 0 Å². The predicted molar refractivity (Wildman–Crippen MR) is 78.5 cm³/mol. The minimum atomic E-state index is -0.190. The molecule has 1 aliphatic heterocycles. The largest absolute Gasteiger partial charge is 0.395 e. The van der Waals surface area contributed by atoms with Gasteiger partial charge in [0.1, 0.15) is 0 Å². The lowest BCUT2D eigenvalue weighted by Gasteiger charge is -2.23. The van der Waals surface area contributed by atoms with Crippen LogP contribution in [-0.4, -0.2) is 36.1 Å². The first-order chi connectivity index (χ1) is 10.2. The fourth-order valence-corrected chi connectivity index (χ4v) is 2.12. The highest BCUT2D eigenvalue weighted by molar-refractivity contribution is 5.97. The maximum absolute atomic E-state index is 12.3. The summed E-state index contributed by atoms with van der Waals surface area (Å²) in [6.45, 7) is 0.464. The second kappa shape index (κ2) is 7.46. The van der Waals surface area contributed by atoms with Crippen LogP contribution in [0, 0.1) is 11.8 Å². The van der Waals surface area contributed by atoms with E-state index in [1.54, 1.807) is 18.2 Å². The van der Waals surface area contributed by atoms with Gasteiger partial charge in [0.2, 0.25) is 5.91 Å². The van der Waals surface area contributed by atoms with Crippen LogP contribution < -0.4 is 10.6 Å². The number of rotatable bonds is 3. The molecule has 110 valence electrons. The van der Waals surface area contributed by atoms with Crippen molar-refractivity contribution in [1.29, 1.82) is 0 Å². The Morgan fingerprint density at radius 3 is 2.95 bits per heavy atom. The number of carbonyl (C=O) groups excluding carboxylic acids is 2. The summed E-state index contributed by atoms with van der Waals surface area (Å²) in [6.07, 6.45) is 1.46. The Morgan fingerprint density at radius 1 is 1.43 bits per heavy atom. The normalized spacial score (nSPS) is 17.4. The van der Waals surface area contributed by atoms with Gasteiger partial charge in [-0.3, -0.25) is 9.59 Å². The zero-order valence-electron chi connectivity index (χ0n) is 11.7. The van der Waals surface area contributed by atoms with Gasteiger partial charge >= 0.3 is 0 Å². The van der Waals surface area contributed by atoms with E-state index in [9.17, 15) is 9.59 Å². The summed E-state index contributed by atoms with van der Waals surface area (Å²) < 4.78 is 0. The average molecular weight is 286 g/mol. The highest BCUT2D eigenvalue weighted by Crippen LogP contribution is 2.09. The van der Waals surface area contributed by atoms with E-state index >= 15 is 0 Å². The molecule has 0 aliphatic carbocycles. The molecule has 2 rings (SSSR count). The fourth-order valence-electron chi connectivity index (χ4n) is 2.12. The van der Waals surface area contributed by atoms with Crippen molar-refractivity contribution < 1.29 is 14.7 Å². The van der Waals surface area contributed by atoms with Crippen LogP contribution >= 0.6 is 0 Å². The number of nitrogens with one attached hydrogen (secondary N) is 2. The van der Waals surface area contributed by atoms with Crippen LogP contribution in [-0.2, 0) is 4.79 Å². The van der Waals surface area contributed by atoms with Gasteiger partial charge in [0.25, 0.3) is 5.91 Å². The third kappa shape index (κ3) is 4.33. The Labute approximate surface area is 123 Å². The Balaban J connectivity index is 2.05. The van der Waals surface area contributed by atoms with E-state index in [-0.39, 0.29) is 24.5 Å². The molecule has 1 aromatic rings. The molecule has 1 heterocycles. The summed E-state index contributed by atoms with van der Waals surface area (Å²) in [7, 11) is 0. The van der Waals surface area contributed by atoms with Crippen molar-refractivity contribution in [3.63, 3.8) is 0 Å². The third-order valence-electron chi connectivity index (χ3n) is 3.23. The van der Waals surface area contributed by atoms with Crippen molar-refractivity contribution in [1.82, 2.24) is 10.6 Å². The average Bonchev–Trinajstić information content (AvgIpc) is 2.50. The van der Waals surface area contributed by atoms with Gasteiger partial charge in [0.05, 0.1) is 12.2 Å². The number of aliphatic hydroxyl groups excluding tert-OH is 1. The standard InChI is InChI=1S/C16H18N2O3/c19-10-4-3-6-12-5-1-2-7-14(12)16(21)18-13-8-9-15(20)17-11-13/h1-2,5,7,13,19H,4,8-11H2,(H,17,20)(H,18,21). The highest BCUT2D eigenvalue weighted by atomic mass is 16.2. The van der Waals surface area contributed by atoms with Crippen LogP contribution in [0.2, 0.25) is 0 Å². The summed E-state index contributed by atoms with van der Waals surface area (Å²) in [5, 5.41) is 14.4. The summed E-state index contributed by atoms with van der Waals surface area (Å²) in [4.78, 5) is 23.4. The van der Waals surface area contributed by atoms with Crippen LogP contribution in [0.3, 0.4) is 0 Å². The van der Waals surface area contributed by atoms with E-state index in [0.717, 1.165) is 0 Å². The minimum absolute atomic E-state index is 0.00311. The van der Waals surface area contributed by atoms with Crippen molar-refractivity contribution in [2.45, 2.75) is 25.3 Å². The first kappa shape index (κ1) is 15.1. The van der Waals surface area contributed by atoms with Gasteiger partial charge in [-0.15, -0.1) is 0 Å². The van der Waals surface area contributed by atoms with E-state index in [1.807, 2.05) is 6.07 Å². The lowest BCUT2D eigenvalue weighted by molar-refractivity contribution is -0.122. The molecular formula is C16H18N2O3. The SMILES string of the molecule is O=C1CCC(NC(=O)c2ccccc2C#CCCO)CN1. The Kier molecular flexibility index (Phi) is 5.35. The van der Waals surface area contributed by atoms with E-state index in [4.69, 9.17) is 5.11 Å². The molecule has 0 saturated carbocycles. The van der Waals surface area contributed by atoms with Gasteiger partial charge in [-0.1, -0.05) is 24.0 Å². The Hall–Kier alpha value is -2.32. The second-order valence-electron chi connectivity index (χ2n) is 4.83. The molecule has 3 N–H and O–H groups in total. The van der Waals surface area contributed by atoms with Crippen molar-refractivity contribution >= 4 is 11.8 Å². The molecule has 1 saturated heterocycles. The summed E-state index contributed by atoms with van der Waals surface area (Å²) >= 11 is 0. The molecule has 1 fully saturated rings. The van der Waals surface area contributed by atoms with Gasteiger partial charge in [-0.2, -0.15) is 0 Å². The highest BCUT2D eigenvalue weighted by Gasteiger charge is 2.20. The van der Waals surface area contributed by atoms with Crippen molar-refractivity contribution in [3.05, 3.63) is 35.4 Å². The van der Waals surface area contributed by atoms with Gasteiger partial charge < -0.3 is 15.7 Å². The van der Waals surface area contributed by atoms with Gasteiger partial charge in [0, 0.05) is 31.0 Å². The van der Waals surface area contributed by atoms with Crippen LogP contribution in [0.1, 0.15) is 35.2 Å². The first-order valence-electron chi connectivity index (χ1n) is 6.97. The molecule has 1 aromatic carbocycles. The van der Waals surface area contributed by atoms with Gasteiger partial charge in [0.15, 0.2) is 0 Å². The minimum Gasteiger partial charge on any atom is -0.395 e. The summed E-state index contributed by atoms with van der Waals surface area (Å²) in [5.41, 5.74) is 1.16. The van der Waals surface area contributed by atoms with Crippen molar-refractivity contribution in [3.8, 4) is 11.8 Å². The molecule has 0 aromatic heterocycles. The number of benzene rings is 1. The lowest BCUT2D eigenvalue weighted by Crippen LogP contribution is -2.47. The van der Waals surface area contributed by atoms with Crippen LogP contribution in [0.25, 0.3) is 0 Å². The molecule has 0 radical (unpaired) electrons. The molecular weight excluding hydrogens is 268 g/mol. The molecule has 0 spiro atoms. The number of hydrogen-bond donors (Lipinski definition) is 3. The molecule has 5 heteroatoms.